The average Bonchev–Trinajstić information content (AvgIpc) is 2.74. The molecule has 1 unspecified atom stereocenters. The summed E-state index contributed by atoms with van der Waals surface area (Å²) in [5.41, 5.74) is 2.91. The lowest BCUT2D eigenvalue weighted by Crippen LogP contribution is -2.18. The number of rotatable bonds is 2. The van der Waals surface area contributed by atoms with Crippen molar-refractivity contribution in [1.82, 2.24) is 0 Å². The minimum atomic E-state index is -0.251. The van der Waals surface area contributed by atoms with Crippen LogP contribution in [0.4, 0.5) is 0 Å². The Balaban J connectivity index is 2.05. The molecular weight excluding hydrogens is 204 g/mol. The first-order chi connectivity index (χ1) is 7.66. The topological polar surface area (TPSA) is 35.5 Å². The maximum Gasteiger partial charge on any atom is 0.338 e. The second-order valence-electron chi connectivity index (χ2n) is 4.19. The highest BCUT2D eigenvalue weighted by Gasteiger charge is 2.20. The van der Waals surface area contributed by atoms with Crippen LogP contribution in [0.15, 0.2) is 18.2 Å². The van der Waals surface area contributed by atoms with Crippen LogP contribution < -0.4 is 0 Å². The number of benzene rings is 1. The van der Waals surface area contributed by atoms with Gasteiger partial charge in [-0.3, -0.25) is 0 Å². The van der Waals surface area contributed by atoms with Crippen LogP contribution >= 0.6 is 0 Å². The monoisotopic (exact) mass is 220 g/mol. The van der Waals surface area contributed by atoms with Gasteiger partial charge < -0.3 is 9.47 Å². The second kappa shape index (κ2) is 4.66. The summed E-state index contributed by atoms with van der Waals surface area (Å²) < 4.78 is 10.5. The second-order valence-corrected chi connectivity index (χ2v) is 4.19. The van der Waals surface area contributed by atoms with Gasteiger partial charge in [-0.25, -0.2) is 4.79 Å². The molecule has 1 aliphatic heterocycles. The van der Waals surface area contributed by atoms with Crippen molar-refractivity contribution < 1.29 is 14.3 Å². The molecule has 1 saturated heterocycles. The van der Waals surface area contributed by atoms with E-state index in [9.17, 15) is 4.79 Å². The van der Waals surface area contributed by atoms with Crippen LogP contribution in [-0.4, -0.2) is 25.3 Å². The maximum atomic E-state index is 11.8. The van der Waals surface area contributed by atoms with Gasteiger partial charge in [-0.1, -0.05) is 6.07 Å². The van der Waals surface area contributed by atoms with Gasteiger partial charge in [0, 0.05) is 6.42 Å². The van der Waals surface area contributed by atoms with E-state index in [0.717, 1.165) is 12.0 Å². The van der Waals surface area contributed by atoms with E-state index in [4.69, 9.17) is 9.47 Å². The number of esters is 1. The molecule has 1 aliphatic rings. The summed E-state index contributed by atoms with van der Waals surface area (Å²) in [5.74, 6) is -0.251. The van der Waals surface area contributed by atoms with Crippen molar-refractivity contribution >= 4 is 5.97 Å². The fourth-order valence-electron chi connectivity index (χ4n) is 1.69. The van der Waals surface area contributed by atoms with Crippen molar-refractivity contribution in [2.24, 2.45) is 0 Å². The lowest BCUT2D eigenvalue weighted by molar-refractivity contribution is 0.0270. The van der Waals surface area contributed by atoms with Crippen LogP contribution in [0, 0.1) is 13.8 Å². The number of ether oxygens (including phenoxy) is 2. The van der Waals surface area contributed by atoms with Gasteiger partial charge in [0.1, 0.15) is 6.10 Å². The summed E-state index contributed by atoms with van der Waals surface area (Å²) in [6.07, 6.45) is 0.727. The van der Waals surface area contributed by atoms with E-state index >= 15 is 0 Å². The van der Waals surface area contributed by atoms with E-state index in [-0.39, 0.29) is 12.1 Å². The highest BCUT2D eigenvalue weighted by Crippen LogP contribution is 2.14. The van der Waals surface area contributed by atoms with Crippen molar-refractivity contribution in [3.05, 3.63) is 34.9 Å². The third kappa shape index (κ3) is 2.42. The molecule has 0 aliphatic carbocycles. The van der Waals surface area contributed by atoms with E-state index in [0.29, 0.717) is 18.8 Å². The first-order valence-corrected chi connectivity index (χ1v) is 5.53. The minimum Gasteiger partial charge on any atom is -0.456 e. The largest absolute Gasteiger partial charge is 0.456 e. The molecule has 3 nitrogen and oxygen atoms in total. The molecule has 2 rings (SSSR count). The first kappa shape index (κ1) is 11.1. The van der Waals surface area contributed by atoms with Crippen LogP contribution in [0.3, 0.4) is 0 Å². The standard InChI is InChI=1S/C13H16O3/c1-9-3-4-11(7-10(9)2)13(14)16-12-5-6-15-8-12/h3-4,7,12H,5-6,8H2,1-2H3. The zero-order valence-corrected chi connectivity index (χ0v) is 9.66. The van der Waals surface area contributed by atoms with Crippen LogP contribution in [0.1, 0.15) is 27.9 Å². The van der Waals surface area contributed by atoms with Gasteiger partial charge >= 0.3 is 5.97 Å². The molecule has 0 saturated carbocycles. The fourth-order valence-corrected chi connectivity index (χ4v) is 1.69. The van der Waals surface area contributed by atoms with Crippen LogP contribution in [0.5, 0.6) is 0 Å². The lowest BCUT2D eigenvalue weighted by atomic mass is 10.1. The maximum absolute atomic E-state index is 11.8. The quantitative estimate of drug-likeness (QED) is 0.717. The Bertz CT molecular complexity index is 392. The minimum absolute atomic E-state index is 0.0749. The van der Waals surface area contributed by atoms with Gasteiger partial charge in [-0.05, 0) is 37.1 Å². The van der Waals surface area contributed by atoms with Crippen molar-refractivity contribution in [1.29, 1.82) is 0 Å². The number of aryl methyl sites for hydroxylation is 2. The molecule has 86 valence electrons. The van der Waals surface area contributed by atoms with E-state index in [1.54, 1.807) is 6.07 Å². The van der Waals surface area contributed by atoms with Gasteiger partial charge in [-0.2, -0.15) is 0 Å². The molecule has 16 heavy (non-hydrogen) atoms. The number of hydrogen-bond donors (Lipinski definition) is 0. The first-order valence-electron chi connectivity index (χ1n) is 5.53. The summed E-state index contributed by atoms with van der Waals surface area (Å²) >= 11 is 0. The lowest BCUT2D eigenvalue weighted by Gasteiger charge is -2.10. The number of hydrogen-bond acceptors (Lipinski definition) is 3. The van der Waals surface area contributed by atoms with Crippen LogP contribution in [-0.2, 0) is 9.47 Å². The fraction of sp³-hybridized carbons (Fsp3) is 0.462. The molecule has 1 aromatic carbocycles. The molecule has 0 radical (unpaired) electrons. The molecule has 0 spiro atoms. The predicted molar refractivity (Wildman–Crippen MR) is 60.6 cm³/mol. The van der Waals surface area contributed by atoms with E-state index in [1.165, 1.54) is 5.56 Å². The molecular formula is C13H16O3. The number of carbonyl (C=O) groups is 1. The van der Waals surface area contributed by atoms with Crippen LogP contribution in [0.25, 0.3) is 0 Å². The smallest absolute Gasteiger partial charge is 0.338 e. The van der Waals surface area contributed by atoms with Gasteiger partial charge in [0.2, 0.25) is 0 Å². The summed E-state index contributed by atoms with van der Waals surface area (Å²) in [7, 11) is 0. The molecule has 1 fully saturated rings. The van der Waals surface area contributed by atoms with Gasteiger partial charge in [0.25, 0.3) is 0 Å². The van der Waals surface area contributed by atoms with Crippen molar-refractivity contribution in [3.8, 4) is 0 Å². The molecule has 0 N–H and O–H groups in total. The SMILES string of the molecule is Cc1ccc(C(=O)OC2CCOC2)cc1C. The Kier molecular flexibility index (Phi) is 3.25. The summed E-state index contributed by atoms with van der Waals surface area (Å²) in [6.45, 7) is 5.22. The van der Waals surface area contributed by atoms with Gasteiger partial charge in [-0.15, -0.1) is 0 Å². The average molecular weight is 220 g/mol. The van der Waals surface area contributed by atoms with Crippen molar-refractivity contribution in [2.75, 3.05) is 13.2 Å². The molecule has 0 bridgehead atoms. The summed E-state index contributed by atoms with van der Waals surface area (Å²) in [4.78, 5) is 11.8. The van der Waals surface area contributed by atoms with Crippen LogP contribution in [0.2, 0.25) is 0 Å². The zero-order chi connectivity index (χ0) is 11.5. The predicted octanol–water partition coefficient (Wildman–Crippen LogP) is 2.25. The van der Waals surface area contributed by atoms with Crippen molar-refractivity contribution in [3.63, 3.8) is 0 Å². The molecule has 1 heterocycles. The van der Waals surface area contributed by atoms with Crippen molar-refractivity contribution in [2.45, 2.75) is 26.4 Å². The zero-order valence-electron chi connectivity index (χ0n) is 9.66. The third-order valence-electron chi connectivity index (χ3n) is 2.90. The number of carbonyl (C=O) groups excluding carboxylic acids is 1. The third-order valence-corrected chi connectivity index (χ3v) is 2.90. The van der Waals surface area contributed by atoms with E-state index in [1.807, 2.05) is 26.0 Å². The Morgan fingerprint density at radius 1 is 1.38 bits per heavy atom. The molecule has 0 amide bonds. The van der Waals surface area contributed by atoms with Gasteiger partial charge in [0.05, 0.1) is 18.8 Å². The molecule has 1 aromatic rings. The Morgan fingerprint density at radius 2 is 2.19 bits per heavy atom. The summed E-state index contributed by atoms with van der Waals surface area (Å²) in [5, 5.41) is 0. The molecule has 0 aromatic heterocycles. The van der Waals surface area contributed by atoms with Gasteiger partial charge in [0.15, 0.2) is 0 Å². The highest BCUT2D eigenvalue weighted by molar-refractivity contribution is 5.89. The Morgan fingerprint density at radius 3 is 2.81 bits per heavy atom. The summed E-state index contributed by atoms with van der Waals surface area (Å²) in [6, 6.07) is 5.62. The van der Waals surface area contributed by atoms with E-state index in [2.05, 4.69) is 0 Å². The Labute approximate surface area is 95.4 Å². The van der Waals surface area contributed by atoms with E-state index < -0.39 is 0 Å². The Hall–Kier alpha value is -1.35. The molecule has 1 atom stereocenters. The highest BCUT2D eigenvalue weighted by atomic mass is 16.6. The molecule has 3 heteroatoms. The normalized spacial score (nSPS) is 19.8.